The molecule has 0 bridgehead atoms. The Morgan fingerprint density at radius 1 is 1.14 bits per heavy atom. The number of thiocarbonyl (C=S) groups is 1. The van der Waals surface area contributed by atoms with Gasteiger partial charge in [0.1, 0.15) is 5.75 Å². The van der Waals surface area contributed by atoms with Crippen LogP contribution in [0, 0.1) is 17.0 Å². The van der Waals surface area contributed by atoms with Gasteiger partial charge in [-0.1, -0.05) is 32.3 Å². The van der Waals surface area contributed by atoms with Crippen molar-refractivity contribution in [2.45, 2.75) is 39.5 Å². The summed E-state index contributed by atoms with van der Waals surface area (Å²) in [6, 6.07) is 11.2. The van der Waals surface area contributed by atoms with E-state index in [9.17, 15) is 14.9 Å². The van der Waals surface area contributed by atoms with Gasteiger partial charge in [0.2, 0.25) is 0 Å². The first kappa shape index (κ1) is 22.3. The minimum absolute atomic E-state index is 0.0579. The lowest BCUT2D eigenvalue weighted by molar-refractivity contribution is -0.384. The Labute approximate surface area is 175 Å². The van der Waals surface area contributed by atoms with Crippen LogP contribution in [-0.2, 0) is 0 Å². The van der Waals surface area contributed by atoms with E-state index in [1.807, 2.05) is 0 Å². The van der Waals surface area contributed by atoms with Crippen LogP contribution in [0.1, 0.15) is 48.5 Å². The second-order valence-electron chi connectivity index (χ2n) is 6.60. The van der Waals surface area contributed by atoms with Crippen molar-refractivity contribution in [1.29, 1.82) is 0 Å². The Hall–Kier alpha value is -3.00. The Morgan fingerprint density at radius 3 is 2.52 bits per heavy atom. The molecular formula is C21H25N3O4S. The normalized spacial score (nSPS) is 10.3. The first-order valence-corrected chi connectivity index (χ1v) is 9.91. The molecule has 2 aromatic carbocycles. The predicted octanol–water partition coefficient (Wildman–Crippen LogP) is 4.99. The number of nitrogens with zero attached hydrogens (tertiary/aromatic N) is 1. The van der Waals surface area contributed by atoms with Crippen molar-refractivity contribution < 1.29 is 14.5 Å². The van der Waals surface area contributed by atoms with E-state index in [0.717, 1.165) is 18.4 Å². The highest BCUT2D eigenvalue weighted by atomic mass is 32.1. The Kier molecular flexibility index (Phi) is 8.54. The topological polar surface area (TPSA) is 93.5 Å². The third kappa shape index (κ3) is 7.15. The average Bonchev–Trinajstić information content (AvgIpc) is 2.69. The molecule has 0 fully saturated rings. The molecule has 7 nitrogen and oxygen atoms in total. The summed E-state index contributed by atoms with van der Waals surface area (Å²) in [6.07, 6.45) is 4.53. The van der Waals surface area contributed by atoms with Crippen LogP contribution >= 0.6 is 12.2 Å². The molecule has 0 aliphatic heterocycles. The number of nitrogens with one attached hydrogen (secondary N) is 2. The van der Waals surface area contributed by atoms with E-state index in [0.29, 0.717) is 23.6 Å². The van der Waals surface area contributed by atoms with Gasteiger partial charge in [0.05, 0.1) is 11.5 Å². The van der Waals surface area contributed by atoms with Crippen LogP contribution in [0.2, 0.25) is 0 Å². The molecule has 154 valence electrons. The molecule has 29 heavy (non-hydrogen) atoms. The van der Waals surface area contributed by atoms with Crippen LogP contribution in [0.15, 0.2) is 42.5 Å². The highest BCUT2D eigenvalue weighted by molar-refractivity contribution is 7.80. The predicted molar refractivity (Wildman–Crippen MR) is 118 cm³/mol. The Balaban J connectivity index is 1.89. The second-order valence-corrected chi connectivity index (χ2v) is 7.01. The maximum atomic E-state index is 12.4. The van der Waals surface area contributed by atoms with E-state index in [4.69, 9.17) is 17.0 Å². The van der Waals surface area contributed by atoms with Gasteiger partial charge in [-0.3, -0.25) is 20.2 Å². The molecule has 2 N–H and O–H groups in total. The molecular weight excluding hydrogens is 390 g/mol. The lowest BCUT2D eigenvalue weighted by Gasteiger charge is -2.12. The number of nitro benzene ring substituents is 1. The van der Waals surface area contributed by atoms with Gasteiger partial charge in [0, 0.05) is 23.4 Å². The molecule has 0 spiro atoms. The van der Waals surface area contributed by atoms with Crippen molar-refractivity contribution in [3.63, 3.8) is 0 Å². The first-order chi connectivity index (χ1) is 13.9. The zero-order valence-corrected chi connectivity index (χ0v) is 17.4. The van der Waals surface area contributed by atoms with Crippen molar-refractivity contribution in [2.24, 2.45) is 0 Å². The SMILES string of the molecule is CCCCCCOc1ccc(C(=O)NC(=S)Nc2cc([N+](=O)[O-])ccc2C)cc1. The summed E-state index contributed by atoms with van der Waals surface area (Å²) in [6.45, 7) is 4.61. The monoisotopic (exact) mass is 415 g/mol. The molecule has 2 rings (SSSR count). The van der Waals surface area contributed by atoms with E-state index >= 15 is 0 Å². The number of anilines is 1. The van der Waals surface area contributed by atoms with Crippen LogP contribution in [0.4, 0.5) is 11.4 Å². The number of hydrogen-bond donors (Lipinski definition) is 2. The van der Waals surface area contributed by atoms with Crippen LogP contribution in [0.5, 0.6) is 5.75 Å². The summed E-state index contributed by atoms with van der Waals surface area (Å²) in [5, 5.41) is 16.4. The fourth-order valence-electron chi connectivity index (χ4n) is 2.61. The molecule has 0 heterocycles. The number of unbranched alkanes of at least 4 members (excludes halogenated alkanes) is 3. The standard InChI is InChI=1S/C21H25N3O4S/c1-3-4-5-6-13-28-18-11-8-16(9-12-18)20(25)23-21(29)22-19-14-17(24(26)27)10-7-15(19)2/h7-12,14H,3-6,13H2,1-2H3,(H2,22,23,25,29). The highest BCUT2D eigenvalue weighted by Gasteiger charge is 2.12. The molecule has 1 amide bonds. The third-order valence-electron chi connectivity index (χ3n) is 4.29. The minimum Gasteiger partial charge on any atom is -0.494 e. The van der Waals surface area contributed by atoms with Gasteiger partial charge < -0.3 is 10.1 Å². The fraction of sp³-hybridized carbons (Fsp3) is 0.333. The largest absolute Gasteiger partial charge is 0.494 e. The molecule has 0 aliphatic carbocycles. The van der Waals surface area contributed by atoms with Crippen molar-refractivity contribution in [1.82, 2.24) is 5.32 Å². The zero-order chi connectivity index (χ0) is 21.2. The summed E-state index contributed by atoms with van der Waals surface area (Å²) < 4.78 is 5.67. The van der Waals surface area contributed by atoms with Gasteiger partial charge in [0.15, 0.2) is 5.11 Å². The number of carbonyl (C=O) groups is 1. The summed E-state index contributed by atoms with van der Waals surface area (Å²) in [4.78, 5) is 22.8. The number of carbonyl (C=O) groups excluding carboxylic acids is 1. The number of benzene rings is 2. The molecule has 0 radical (unpaired) electrons. The maximum Gasteiger partial charge on any atom is 0.271 e. The molecule has 0 aliphatic rings. The molecule has 0 aromatic heterocycles. The summed E-state index contributed by atoms with van der Waals surface area (Å²) >= 11 is 5.16. The lowest BCUT2D eigenvalue weighted by Crippen LogP contribution is -2.34. The van der Waals surface area contributed by atoms with Crippen molar-refractivity contribution in [2.75, 3.05) is 11.9 Å². The smallest absolute Gasteiger partial charge is 0.271 e. The number of aryl methyl sites for hydroxylation is 1. The summed E-state index contributed by atoms with van der Waals surface area (Å²) in [5.74, 6) is 0.339. The lowest BCUT2D eigenvalue weighted by atomic mass is 10.2. The van der Waals surface area contributed by atoms with Gasteiger partial charge in [-0.15, -0.1) is 0 Å². The molecule has 8 heteroatoms. The zero-order valence-electron chi connectivity index (χ0n) is 16.6. The highest BCUT2D eigenvalue weighted by Crippen LogP contribution is 2.21. The van der Waals surface area contributed by atoms with E-state index in [2.05, 4.69) is 17.6 Å². The van der Waals surface area contributed by atoms with Crippen LogP contribution in [0.25, 0.3) is 0 Å². The number of nitro groups is 1. The van der Waals surface area contributed by atoms with Crippen LogP contribution < -0.4 is 15.4 Å². The minimum atomic E-state index is -0.486. The quantitative estimate of drug-likeness (QED) is 0.259. The summed E-state index contributed by atoms with van der Waals surface area (Å²) in [7, 11) is 0. The number of amides is 1. The van der Waals surface area contributed by atoms with Crippen molar-refractivity contribution in [3.05, 3.63) is 63.7 Å². The number of rotatable bonds is 9. The second kappa shape index (κ2) is 11.1. The molecule has 0 unspecified atom stereocenters. The van der Waals surface area contributed by atoms with Gasteiger partial charge in [0.25, 0.3) is 11.6 Å². The third-order valence-corrected chi connectivity index (χ3v) is 4.49. The molecule has 0 atom stereocenters. The van der Waals surface area contributed by atoms with E-state index in [1.54, 1.807) is 37.3 Å². The van der Waals surface area contributed by atoms with Crippen molar-refractivity contribution in [3.8, 4) is 5.75 Å². The van der Waals surface area contributed by atoms with Gasteiger partial charge in [-0.25, -0.2) is 0 Å². The fourth-order valence-corrected chi connectivity index (χ4v) is 2.81. The number of non-ortho nitro benzene ring substituents is 1. The van der Waals surface area contributed by atoms with Gasteiger partial charge >= 0.3 is 0 Å². The Bertz CT molecular complexity index is 869. The van der Waals surface area contributed by atoms with Gasteiger partial charge in [-0.2, -0.15) is 0 Å². The average molecular weight is 416 g/mol. The number of ether oxygens (including phenoxy) is 1. The maximum absolute atomic E-state index is 12.4. The summed E-state index contributed by atoms with van der Waals surface area (Å²) in [5.41, 5.74) is 1.62. The van der Waals surface area contributed by atoms with E-state index in [1.165, 1.54) is 25.0 Å². The molecule has 0 saturated carbocycles. The molecule has 2 aromatic rings. The van der Waals surface area contributed by atoms with Crippen molar-refractivity contribution >= 4 is 34.6 Å². The van der Waals surface area contributed by atoms with Gasteiger partial charge in [-0.05, 0) is 55.4 Å². The molecule has 0 saturated heterocycles. The first-order valence-electron chi connectivity index (χ1n) is 9.51. The van der Waals surface area contributed by atoms with E-state index in [-0.39, 0.29) is 16.7 Å². The number of hydrogen-bond acceptors (Lipinski definition) is 5. The van der Waals surface area contributed by atoms with Crippen LogP contribution in [-0.4, -0.2) is 22.5 Å². The van der Waals surface area contributed by atoms with Crippen LogP contribution in [0.3, 0.4) is 0 Å². The van der Waals surface area contributed by atoms with E-state index < -0.39 is 4.92 Å². The Morgan fingerprint density at radius 2 is 1.86 bits per heavy atom.